The Morgan fingerprint density at radius 1 is 1.50 bits per heavy atom. The van der Waals surface area contributed by atoms with Crippen molar-refractivity contribution < 1.29 is 15.0 Å². The SMILES string of the molecule is Cc1cc(Cl)c(C)c(CC(=O)O)c1O. The summed E-state index contributed by atoms with van der Waals surface area (Å²) in [6, 6.07) is 1.62. The van der Waals surface area contributed by atoms with Crippen LogP contribution in [0.25, 0.3) is 0 Å². The van der Waals surface area contributed by atoms with E-state index < -0.39 is 5.97 Å². The average molecular weight is 215 g/mol. The Balaban J connectivity index is 3.31. The Morgan fingerprint density at radius 2 is 2.07 bits per heavy atom. The van der Waals surface area contributed by atoms with Crippen LogP contribution in [0.3, 0.4) is 0 Å². The first-order valence-electron chi connectivity index (χ1n) is 4.12. The smallest absolute Gasteiger partial charge is 0.307 e. The molecule has 1 aromatic rings. The lowest BCUT2D eigenvalue weighted by Crippen LogP contribution is -2.03. The zero-order valence-electron chi connectivity index (χ0n) is 7.97. The third kappa shape index (κ3) is 1.99. The number of rotatable bonds is 2. The van der Waals surface area contributed by atoms with E-state index in [1.165, 1.54) is 0 Å². The van der Waals surface area contributed by atoms with Crippen LogP contribution in [0.15, 0.2) is 6.07 Å². The summed E-state index contributed by atoms with van der Waals surface area (Å²) in [5.74, 6) is -0.959. The zero-order chi connectivity index (χ0) is 10.9. The molecular weight excluding hydrogens is 204 g/mol. The number of carbonyl (C=O) groups is 1. The molecule has 1 rings (SSSR count). The van der Waals surface area contributed by atoms with E-state index in [4.69, 9.17) is 16.7 Å². The van der Waals surface area contributed by atoms with Crippen LogP contribution in [-0.2, 0) is 11.2 Å². The van der Waals surface area contributed by atoms with Crippen LogP contribution in [0, 0.1) is 13.8 Å². The fourth-order valence-corrected chi connectivity index (χ4v) is 1.57. The Hall–Kier alpha value is -1.22. The molecule has 14 heavy (non-hydrogen) atoms. The molecule has 4 heteroatoms. The monoisotopic (exact) mass is 214 g/mol. The molecule has 2 N–H and O–H groups in total. The number of phenols is 1. The standard InChI is InChI=1S/C10H11ClO3/c1-5-3-8(11)6(2)7(10(5)14)4-9(12)13/h3,14H,4H2,1-2H3,(H,12,13). The Bertz CT molecular complexity index is 359. The van der Waals surface area contributed by atoms with Crippen LogP contribution in [0.4, 0.5) is 0 Å². The maximum atomic E-state index is 10.5. The van der Waals surface area contributed by atoms with Gasteiger partial charge in [0.1, 0.15) is 5.75 Å². The molecule has 0 fully saturated rings. The summed E-state index contributed by atoms with van der Waals surface area (Å²) in [5, 5.41) is 18.8. The molecule has 0 heterocycles. The second-order valence-electron chi connectivity index (χ2n) is 3.20. The topological polar surface area (TPSA) is 57.5 Å². The fourth-order valence-electron chi connectivity index (χ4n) is 1.29. The number of halogens is 1. The molecule has 3 nitrogen and oxygen atoms in total. The van der Waals surface area contributed by atoms with Gasteiger partial charge < -0.3 is 10.2 Å². The summed E-state index contributed by atoms with van der Waals surface area (Å²) in [6.45, 7) is 3.38. The van der Waals surface area contributed by atoms with Crippen LogP contribution in [0.5, 0.6) is 5.75 Å². The van der Waals surface area contributed by atoms with Gasteiger partial charge in [-0.2, -0.15) is 0 Å². The van der Waals surface area contributed by atoms with Gasteiger partial charge in [0.25, 0.3) is 0 Å². The van der Waals surface area contributed by atoms with Gasteiger partial charge in [-0.3, -0.25) is 4.79 Å². The molecule has 0 amide bonds. The second-order valence-corrected chi connectivity index (χ2v) is 3.61. The van der Waals surface area contributed by atoms with Gasteiger partial charge in [-0.05, 0) is 31.0 Å². The summed E-state index contributed by atoms with van der Waals surface area (Å²) in [5.41, 5.74) is 1.61. The van der Waals surface area contributed by atoms with E-state index in [1.807, 2.05) is 0 Å². The van der Waals surface area contributed by atoms with E-state index >= 15 is 0 Å². The van der Waals surface area contributed by atoms with Crippen molar-refractivity contribution in [3.05, 3.63) is 27.8 Å². The van der Waals surface area contributed by atoms with Crippen molar-refractivity contribution in [1.82, 2.24) is 0 Å². The fraction of sp³-hybridized carbons (Fsp3) is 0.300. The molecule has 0 aliphatic carbocycles. The van der Waals surface area contributed by atoms with Crippen LogP contribution < -0.4 is 0 Å². The first-order chi connectivity index (χ1) is 6.43. The predicted molar refractivity (Wildman–Crippen MR) is 53.9 cm³/mol. The van der Waals surface area contributed by atoms with Crippen LogP contribution >= 0.6 is 11.6 Å². The quantitative estimate of drug-likeness (QED) is 0.794. The number of carboxylic acids is 1. The van der Waals surface area contributed by atoms with Crippen LogP contribution in [0.2, 0.25) is 5.02 Å². The highest BCUT2D eigenvalue weighted by Crippen LogP contribution is 2.31. The van der Waals surface area contributed by atoms with E-state index in [1.54, 1.807) is 19.9 Å². The molecule has 0 atom stereocenters. The van der Waals surface area contributed by atoms with Crippen molar-refractivity contribution >= 4 is 17.6 Å². The van der Waals surface area contributed by atoms with Gasteiger partial charge in [0, 0.05) is 10.6 Å². The van der Waals surface area contributed by atoms with Gasteiger partial charge in [0.15, 0.2) is 0 Å². The van der Waals surface area contributed by atoms with Gasteiger partial charge in [0.2, 0.25) is 0 Å². The van der Waals surface area contributed by atoms with Gasteiger partial charge in [-0.15, -0.1) is 0 Å². The Labute approximate surface area is 86.9 Å². The number of aryl methyl sites for hydroxylation is 1. The number of hydrogen-bond donors (Lipinski definition) is 2. The third-order valence-corrected chi connectivity index (χ3v) is 2.53. The Morgan fingerprint density at radius 3 is 2.57 bits per heavy atom. The van der Waals surface area contributed by atoms with Crippen molar-refractivity contribution in [3.63, 3.8) is 0 Å². The summed E-state index contributed by atoms with van der Waals surface area (Å²) in [6.07, 6.45) is -0.209. The molecule has 0 aliphatic rings. The summed E-state index contributed by atoms with van der Waals surface area (Å²) in [7, 11) is 0. The molecular formula is C10H11ClO3. The molecule has 1 aromatic carbocycles. The van der Waals surface area contributed by atoms with Crippen molar-refractivity contribution in [2.24, 2.45) is 0 Å². The van der Waals surface area contributed by atoms with E-state index in [9.17, 15) is 9.90 Å². The van der Waals surface area contributed by atoms with Gasteiger partial charge in [-0.25, -0.2) is 0 Å². The third-order valence-electron chi connectivity index (χ3n) is 2.14. The van der Waals surface area contributed by atoms with Gasteiger partial charge in [-0.1, -0.05) is 11.6 Å². The first-order valence-corrected chi connectivity index (χ1v) is 4.50. The summed E-state index contributed by atoms with van der Waals surface area (Å²) >= 11 is 5.87. The normalized spacial score (nSPS) is 10.2. The molecule has 0 spiro atoms. The molecule has 0 aliphatic heterocycles. The van der Waals surface area contributed by atoms with E-state index in [-0.39, 0.29) is 12.2 Å². The van der Waals surface area contributed by atoms with Crippen LogP contribution in [-0.4, -0.2) is 16.2 Å². The minimum absolute atomic E-state index is 0.0225. The molecule has 0 saturated carbocycles. The van der Waals surface area contributed by atoms with Crippen molar-refractivity contribution in [1.29, 1.82) is 0 Å². The van der Waals surface area contributed by atoms with E-state index in [0.717, 1.165) is 0 Å². The van der Waals surface area contributed by atoms with Crippen LogP contribution in [0.1, 0.15) is 16.7 Å². The van der Waals surface area contributed by atoms with Crippen molar-refractivity contribution in [2.45, 2.75) is 20.3 Å². The van der Waals surface area contributed by atoms with E-state index in [2.05, 4.69) is 0 Å². The minimum Gasteiger partial charge on any atom is -0.507 e. The lowest BCUT2D eigenvalue weighted by Gasteiger charge is -2.10. The lowest BCUT2D eigenvalue weighted by atomic mass is 10.0. The average Bonchev–Trinajstić information content (AvgIpc) is 2.09. The molecule has 0 unspecified atom stereocenters. The summed E-state index contributed by atoms with van der Waals surface area (Å²) < 4.78 is 0. The number of aromatic hydroxyl groups is 1. The number of aliphatic carboxylic acids is 1. The number of phenolic OH excluding ortho intramolecular Hbond substituents is 1. The maximum Gasteiger partial charge on any atom is 0.307 e. The highest BCUT2D eigenvalue weighted by atomic mass is 35.5. The number of carboxylic acid groups (broad SMARTS) is 1. The molecule has 0 radical (unpaired) electrons. The number of benzene rings is 1. The summed E-state index contributed by atoms with van der Waals surface area (Å²) in [4.78, 5) is 10.5. The molecule has 0 saturated heterocycles. The predicted octanol–water partition coefficient (Wildman–Crippen LogP) is 2.29. The minimum atomic E-state index is -0.981. The first kappa shape index (κ1) is 10.9. The lowest BCUT2D eigenvalue weighted by molar-refractivity contribution is -0.136. The highest BCUT2D eigenvalue weighted by molar-refractivity contribution is 6.31. The Kier molecular flexibility index (Phi) is 3.01. The molecule has 0 aromatic heterocycles. The highest BCUT2D eigenvalue weighted by Gasteiger charge is 2.14. The van der Waals surface area contributed by atoms with Gasteiger partial charge >= 0.3 is 5.97 Å². The zero-order valence-corrected chi connectivity index (χ0v) is 8.72. The number of hydrogen-bond acceptors (Lipinski definition) is 2. The maximum absolute atomic E-state index is 10.5. The molecule has 76 valence electrons. The molecule has 0 bridgehead atoms. The van der Waals surface area contributed by atoms with E-state index in [0.29, 0.717) is 21.7 Å². The largest absolute Gasteiger partial charge is 0.507 e. The van der Waals surface area contributed by atoms with Gasteiger partial charge in [0.05, 0.1) is 6.42 Å². The van der Waals surface area contributed by atoms with Crippen molar-refractivity contribution in [3.8, 4) is 5.75 Å². The van der Waals surface area contributed by atoms with Crippen molar-refractivity contribution in [2.75, 3.05) is 0 Å². The second kappa shape index (κ2) is 3.88.